The monoisotopic (exact) mass is 369 g/mol. The van der Waals surface area contributed by atoms with Crippen molar-refractivity contribution in [2.45, 2.75) is 0 Å². The minimum Gasteiger partial charge on any atom is -0.465 e. The molecule has 0 saturated heterocycles. The summed E-state index contributed by atoms with van der Waals surface area (Å²) in [5, 5.41) is 3.11. The van der Waals surface area contributed by atoms with Crippen LogP contribution in [0.3, 0.4) is 0 Å². The molecule has 0 bridgehead atoms. The number of para-hydroxylation sites is 1. The first kappa shape index (κ1) is 13.6. The van der Waals surface area contributed by atoms with Gasteiger partial charge in [0.15, 0.2) is 0 Å². The van der Waals surface area contributed by atoms with Crippen LogP contribution in [-0.2, 0) is 4.74 Å². The molecule has 98 valence electrons. The molecule has 0 saturated carbocycles. The Hall–Kier alpha value is -1.83. The van der Waals surface area contributed by atoms with E-state index in [9.17, 15) is 4.79 Å². The van der Waals surface area contributed by atoms with E-state index in [2.05, 4.69) is 32.9 Å². The lowest BCUT2D eigenvalue weighted by atomic mass is 10.2. The van der Waals surface area contributed by atoms with Crippen molar-refractivity contribution in [2.75, 3.05) is 18.2 Å². The second-order valence-electron chi connectivity index (χ2n) is 3.76. The molecule has 6 heteroatoms. The summed E-state index contributed by atoms with van der Waals surface area (Å²) in [6, 6.07) is 9.24. The Bertz CT molecular complexity index is 617. The van der Waals surface area contributed by atoms with Crippen molar-refractivity contribution in [1.82, 2.24) is 4.98 Å². The molecule has 0 spiro atoms. The van der Waals surface area contributed by atoms with Gasteiger partial charge in [-0.3, -0.25) is 0 Å². The van der Waals surface area contributed by atoms with Crippen molar-refractivity contribution >= 4 is 45.8 Å². The molecule has 0 unspecified atom stereocenters. The number of methoxy groups -OCH3 is 1. The number of pyridine rings is 1. The first-order chi connectivity index (χ1) is 9.11. The zero-order chi connectivity index (χ0) is 13.8. The number of carbonyl (C=O) groups is 1. The van der Waals surface area contributed by atoms with Gasteiger partial charge < -0.3 is 15.8 Å². The Morgan fingerprint density at radius 1 is 1.42 bits per heavy atom. The average Bonchev–Trinajstić information content (AvgIpc) is 2.42. The smallest absolute Gasteiger partial charge is 0.341 e. The lowest BCUT2D eigenvalue weighted by molar-refractivity contribution is 0.0601. The third-order valence-corrected chi connectivity index (χ3v) is 3.38. The summed E-state index contributed by atoms with van der Waals surface area (Å²) in [5.74, 6) is -0.0570. The number of halogens is 1. The van der Waals surface area contributed by atoms with Crippen molar-refractivity contribution in [2.24, 2.45) is 0 Å². The SMILES string of the molecule is COC(=O)c1cc(N)cnc1Nc1ccccc1I. The maximum absolute atomic E-state index is 11.7. The molecule has 0 amide bonds. The van der Waals surface area contributed by atoms with E-state index >= 15 is 0 Å². The van der Waals surface area contributed by atoms with Crippen LogP contribution in [0.5, 0.6) is 0 Å². The van der Waals surface area contributed by atoms with Crippen LogP contribution in [0.25, 0.3) is 0 Å². The molecule has 0 atom stereocenters. The van der Waals surface area contributed by atoms with Crippen LogP contribution in [0.15, 0.2) is 36.5 Å². The van der Waals surface area contributed by atoms with Crippen molar-refractivity contribution in [3.05, 3.63) is 45.7 Å². The third kappa shape index (κ3) is 3.14. The molecule has 0 aliphatic rings. The van der Waals surface area contributed by atoms with E-state index < -0.39 is 5.97 Å². The number of anilines is 3. The van der Waals surface area contributed by atoms with E-state index in [1.54, 1.807) is 0 Å². The number of nitrogens with one attached hydrogen (secondary N) is 1. The van der Waals surface area contributed by atoms with Crippen LogP contribution < -0.4 is 11.1 Å². The van der Waals surface area contributed by atoms with Crippen LogP contribution in [0.2, 0.25) is 0 Å². The van der Waals surface area contributed by atoms with Gasteiger partial charge in [0.1, 0.15) is 11.4 Å². The Balaban J connectivity index is 2.40. The Labute approximate surface area is 124 Å². The molecule has 1 aromatic heterocycles. The lowest BCUT2D eigenvalue weighted by Gasteiger charge is -2.11. The molecular weight excluding hydrogens is 357 g/mol. The third-order valence-electron chi connectivity index (χ3n) is 2.44. The summed E-state index contributed by atoms with van der Waals surface area (Å²) < 4.78 is 5.75. The number of hydrogen-bond acceptors (Lipinski definition) is 5. The van der Waals surface area contributed by atoms with Gasteiger partial charge in [-0.1, -0.05) is 12.1 Å². The zero-order valence-corrected chi connectivity index (χ0v) is 12.3. The average molecular weight is 369 g/mol. The largest absolute Gasteiger partial charge is 0.465 e. The summed E-state index contributed by atoms with van der Waals surface area (Å²) in [7, 11) is 1.32. The van der Waals surface area contributed by atoms with Gasteiger partial charge >= 0.3 is 5.97 Å². The highest BCUT2D eigenvalue weighted by Crippen LogP contribution is 2.24. The topological polar surface area (TPSA) is 77.2 Å². The van der Waals surface area contributed by atoms with E-state index in [1.165, 1.54) is 19.4 Å². The number of esters is 1. The van der Waals surface area contributed by atoms with Crippen LogP contribution >= 0.6 is 22.6 Å². The molecule has 1 heterocycles. The van der Waals surface area contributed by atoms with E-state index in [0.717, 1.165) is 9.26 Å². The fourth-order valence-corrected chi connectivity index (χ4v) is 2.06. The number of aromatic nitrogens is 1. The molecule has 3 N–H and O–H groups in total. The molecule has 1 aromatic carbocycles. The van der Waals surface area contributed by atoms with E-state index in [0.29, 0.717) is 17.1 Å². The van der Waals surface area contributed by atoms with Crippen molar-refractivity contribution < 1.29 is 9.53 Å². The standard InChI is InChI=1S/C13H12IN3O2/c1-19-13(18)9-6-8(15)7-16-12(9)17-11-5-3-2-4-10(11)14/h2-7H,15H2,1H3,(H,16,17). The van der Waals surface area contributed by atoms with Crippen LogP contribution in [0.4, 0.5) is 17.2 Å². The van der Waals surface area contributed by atoms with Gasteiger partial charge in [0.25, 0.3) is 0 Å². The molecule has 0 fully saturated rings. The predicted molar refractivity (Wildman–Crippen MR) is 82.4 cm³/mol. The van der Waals surface area contributed by atoms with Gasteiger partial charge in [0.2, 0.25) is 0 Å². The first-order valence-electron chi connectivity index (χ1n) is 5.47. The quantitative estimate of drug-likeness (QED) is 0.643. The minimum absolute atomic E-state index is 0.308. The van der Waals surface area contributed by atoms with Gasteiger partial charge in [-0.25, -0.2) is 9.78 Å². The summed E-state index contributed by atoms with van der Waals surface area (Å²) in [6.07, 6.45) is 1.49. The maximum Gasteiger partial charge on any atom is 0.341 e. The highest BCUT2D eigenvalue weighted by molar-refractivity contribution is 14.1. The number of carbonyl (C=O) groups excluding carboxylic acids is 1. The Morgan fingerprint density at radius 3 is 2.84 bits per heavy atom. The van der Waals surface area contributed by atoms with Crippen molar-refractivity contribution in [3.8, 4) is 0 Å². The van der Waals surface area contributed by atoms with E-state index in [1.807, 2.05) is 24.3 Å². The summed E-state index contributed by atoms with van der Waals surface area (Å²) >= 11 is 2.20. The van der Waals surface area contributed by atoms with Crippen LogP contribution in [0, 0.1) is 3.57 Å². The van der Waals surface area contributed by atoms with Gasteiger partial charge in [-0.15, -0.1) is 0 Å². The van der Waals surface area contributed by atoms with E-state index in [-0.39, 0.29) is 0 Å². The molecule has 0 aliphatic carbocycles. The normalized spacial score (nSPS) is 10.0. The number of benzene rings is 1. The molecular formula is C13H12IN3O2. The number of rotatable bonds is 3. The van der Waals surface area contributed by atoms with Gasteiger partial charge in [-0.05, 0) is 40.8 Å². The van der Waals surface area contributed by atoms with Crippen LogP contribution in [0.1, 0.15) is 10.4 Å². The zero-order valence-electron chi connectivity index (χ0n) is 10.2. The number of ether oxygens (including phenoxy) is 1. The van der Waals surface area contributed by atoms with Crippen molar-refractivity contribution in [1.29, 1.82) is 0 Å². The first-order valence-corrected chi connectivity index (χ1v) is 6.55. The molecule has 0 aliphatic heterocycles. The highest BCUT2D eigenvalue weighted by atomic mass is 127. The number of hydrogen-bond donors (Lipinski definition) is 2. The molecule has 5 nitrogen and oxygen atoms in total. The minimum atomic E-state index is -0.478. The number of nitrogen functional groups attached to an aromatic ring is 1. The molecule has 0 radical (unpaired) electrons. The fourth-order valence-electron chi connectivity index (χ4n) is 1.54. The highest BCUT2D eigenvalue weighted by Gasteiger charge is 2.14. The van der Waals surface area contributed by atoms with Gasteiger partial charge in [-0.2, -0.15) is 0 Å². The number of nitrogens with zero attached hydrogens (tertiary/aromatic N) is 1. The lowest BCUT2D eigenvalue weighted by Crippen LogP contribution is -2.08. The van der Waals surface area contributed by atoms with E-state index in [4.69, 9.17) is 10.5 Å². The molecule has 19 heavy (non-hydrogen) atoms. The summed E-state index contributed by atoms with van der Waals surface area (Å²) in [5.41, 5.74) is 7.23. The second kappa shape index (κ2) is 5.87. The summed E-state index contributed by atoms with van der Waals surface area (Å²) in [6.45, 7) is 0. The number of nitrogens with two attached hydrogens (primary N) is 1. The van der Waals surface area contributed by atoms with Crippen molar-refractivity contribution in [3.63, 3.8) is 0 Å². The van der Waals surface area contributed by atoms with Crippen LogP contribution in [-0.4, -0.2) is 18.1 Å². The molecule has 2 rings (SSSR count). The predicted octanol–water partition coefficient (Wildman–Crippen LogP) is 2.80. The molecule has 2 aromatic rings. The van der Waals surface area contributed by atoms with Gasteiger partial charge in [0, 0.05) is 3.57 Å². The maximum atomic E-state index is 11.7. The Kier molecular flexibility index (Phi) is 4.20. The summed E-state index contributed by atoms with van der Waals surface area (Å²) in [4.78, 5) is 15.8. The second-order valence-corrected chi connectivity index (χ2v) is 4.92. The Morgan fingerprint density at radius 2 is 2.16 bits per heavy atom. The fraction of sp³-hybridized carbons (Fsp3) is 0.0769. The van der Waals surface area contributed by atoms with Gasteiger partial charge in [0.05, 0.1) is 24.7 Å².